The van der Waals surface area contributed by atoms with Crippen molar-refractivity contribution in [1.29, 1.82) is 0 Å². The van der Waals surface area contributed by atoms with Crippen molar-refractivity contribution in [2.24, 2.45) is 5.73 Å². The first-order chi connectivity index (χ1) is 14.8. The van der Waals surface area contributed by atoms with Gasteiger partial charge in [0.2, 0.25) is 5.91 Å². The van der Waals surface area contributed by atoms with Gasteiger partial charge in [-0.1, -0.05) is 33.6 Å². The molecule has 32 heavy (non-hydrogen) atoms. The van der Waals surface area contributed by atoms with E-state index in [1.54, 1.807) is 0 Å². The van der Waals surface area contributed by atoms with Gasteiger partial charge in [0.05, 0.1) is 0 Å². The van der Waals surface area contributed by atoms with Crippen molar-refractivity contribution >= 4 is 14.2 Å². The molecular weight excluding hydrogens is 428 g/mol. The minimum Gasteiger partial charge on any atom is -0.417 e. The van der Waals surface area contributed by atoms with Crippen molar-refractivity contribution < 1.29 is 28.2 Å². The zero-order valence-corrected chi connectivity index (χ0v) is 22.4. The number of ether oxygens (including phenoxy) is 4. The lowest BCUT2D eigenvalue weighted by Crippen LogP contribution is -2.64. The highest BCUT2D eigenvalue weighted by molar-refractivity contribution is 6.74. The van der Waals surface area contributed by atoms with Crippen molar-refractivity contribution in [3.05, 3.63) is 0 Å². The summed E-state index contributed by atoms with van der Waals surface area (Å²) in [6, 6.07) is -0.444. The Morgan fingerprint density at radius 1 is 1.06 bits per heavy atom. The van der Waals surface area contributed by atoms with Gasteiger partial charge in [0.1, 0.15) is 24.4 Å². The second-order valence-electron chi connectivity index (χ2n) is 11.0. The molecule has 9 heteroatoms. The van der Waals surface area contributed by atoms with Gasteiger partial charge in [-0.05, 0) is 44.8 Å². The maximum absolute atomic E-state index is 11.8. The molecule has 0 aromatic heterocycles. The Hall–Kier alpha value is -0.553. The van der Waals surface area contributed by atoms with E-state index in [-0.39, 0.29) is 29.3 Å². The summed E-state index contributed by atoms with van der Waals surface area (Å²) in [5.41, 5.74) is 5.92. The monoisotopic (exact) mass is 474 g/mol. The molecule has 0 aromatic rings. The largest absolute Gasteiger partial charge is 0.417 e. The molecule has 2 saturated heterocycles. The van der Waals surface area contributed by atoms with Crippen LogP contribution in [0.15, 0.2) is 0 Å². The molecule has 0 spiro atoms. The Labute approximate surface area is 195 Å². The van der Waals surface area contributed by atoms with Crippen molar-refractivity contribution in [3.63, 3.8) is 0 Å². The van der Waals surface area contributed by atoms with E-state index in [4.69, 9.17) is 29.1 Å². The molecule has 2 aliphatic heterocycles. The molecule has 0 bridgehead atoms. The lowest BCUT2D eigenvalue weighted by atomic mass is 9.96. The van der Waals surface area contributed by atoms with E-state index in [1.807, 2.05) is 13.8 Å². The van der Waals surface area contributed by atoms with Crippen LogP contribution in [0, 0.1) is 0 Å². The average molecular weight is 475 g/mol. The fourth-order valence-corrected chi connectivity index (χ4v) is 4.98. The van der Waals surface area contributed by atoms with Crippen molar-refractivity contribution in [3.8, 4) is 0 Å². The van der Waals surface area contributed by atoms with Gasteiger partial charge in [-0.3, -0.25) is 4.79 Å². The normalized spacial score (nSPS) is 30.2. The molecule has 0 aromatic carbocycles. The Bertz CT molecular complexity index is 610. The van der Waals surface area contributed by atoms with Crippen LogP contribution < -0.4 is 11.1 Å². The van der Waals surface area contributed by atoms with Crippen LogP contribution in [0.1, 0.15) is 67.2 Å². The summed E-state index contributed by atoms with van der Waals surface area (Å²) in [5, 5.41) is 3.18. The second kappa shape index (κ2) is 11.2. The molecular formula is C23H46N2O6Si. The molecule has 188 valence electrons. The molecule has 0 saturated carbocycles. The van der Waals surface area contributed by atoms with E-state index >= 15 is 0 Å². The van der Waals surface area contributed by atoms with Gasteiger partial charge in [0, 0.05) is 26.7 Å². The molecule has 3 N–H and O–H groups in total. The van der Waals surface area contributed by atoms with Crippen LogP contribution in [0.3, 0.4) is 0 Å². The Balaban J connectivity index is 1.78. The molecule has 1 amide bonds. The molecule has 8 nitrogen and oxygen atoms in total. The quantitative estimate of drug-likeness (QED) is 0.350. The van der Waals surface area contributed by atoms with Gasteiger partial charge in [-0.2, -0.15) is 0 Å². The van der Waals surface area contributed by atoms with Gasteiger partial charge in [-0.25, -0.2) is 0 Å². The standard InChI is InChI=1S/C23H46N2O6Si/c1-16(26)25-18-20-19(30-23(5,6)31-20)17(15-24)29-21(18)27-13-11-9-10-12-14-28-32(7,8)22(2,3)4/h17-21H,9-15,24H2,1-8H3,(H,25,26). The van der Waals surface area contributed by atoms with E-state index in [0.29, 0.717) is 13.2 Å². The van der Waals surface area contributed by atoms with Crippen LogP contribution >= 0.6 is 0 Å². The Morgan fingerprint density at radius 3 is 2.22 bits per heavy atom. The van der Waals surface area contributed by atoms with Crippen LogP contribution in [-0.4, -0.2) is 70.4 Å². The number of carbonyl (C=O) groups excluding carboxylic acids is 1. The fourth-order valence-electron chi connectivity index (χ4n) is 3.89. The topological polar surface area (TPSA) is 101 Å². The minimum absolute atomic E-state index is 0.160. The van der Waals surface area contributed by atoms with Crippen LogP contribution in [0.5, 0.6) is 0 Å². The first-order valence-electron chi connectivity index (χ1n) is 12.0. The number of hydrogen-bond donors (Lipinski definition) is 2. The third kappa shape index (κ3) is 7.48. The number of fused-ring (bicyclic) bond motifs is 1. The number of carbonyl (C=O) groups is 1. The third-order valence-corrected chi connectivity index (χ3v) is 11.2. The van der Waals surface area contributed by atoms with Gasteiger partial charge in [-0.15, -0.1) is 0 Å². The molecule has 2 fully saturated rings. The zero-order valence-electron chi connectivity index (χ0n) is 21.4. The SMILES string of the molecule is CC(=O)NC1C(OCCCCCCO[Si](C)(C)C(C)(C)C)OC(CN)C2OC(C)(C)OC12. The summed E-state index contributed by atoms with van der Waals surface area (Å²) in [5.74, 6) is -0.920. The van der Waals surface area contributed by atoms with Crippen LogP contribution in [0.4, 0.5) is 0 Å². The maximum atomic E-state index is 11.8. The summed E-state index contributed by atoms with van der Waals surface area (Å²) in [7, 11) is -1.66. The van der Waals surface area contributed by atoms with E-state index in [9.17, 15) is 4.79 Å². The molecule has 5 unspecified atom stereocenters. The van der Waals surface area contributed by atoms with Crippen LogP contribution in [0.2, 0.25) is 18.1 Å². The van der Waals surface area contributed by atoms with Crippen LogP contribution in [-0.2, 0) is 28.2 Å². The summed E-state index contributed by atoms with van der Waals surface area (Å²) in [4.78, 5) is 11.8. The Kier molecular flexibility index (Phi) is 9.73. The van der Waals surface area contributed by atoms with Crippen molar-refractivity contribution in [2.75, 3.05) is 19.8 Å². The van der Waals surface area contributed by atoms with Crippen LogP contribution in [0.25, 0.3) is 0 Å². The number of hydrogen-bond acceptors (Lipinski definition) is 7. The summed E-state index contributed by atoms with van der Waals surface area (Å²) in [6.07, 6.45) is 2.45. The van der Waals surface area contributed by atoms with E-state index in [1.165, 1.54) is 6.92 Å². The number of rotatable bonds is 11. The summed E-state index contributed by atoms with van der Waals surface area (Å²) >= 11 is 0. The van der Waals surface area contributed by atoms with E-state index in [2.05, 4.69) is 39.2 Å². The minimum atomic E-state index is -1.66. The van der Waals surface area contributed by atoms with Gasteiger partial charge < -0.3 is 34.4 Å². The van der Waals surface area contributed by atoms with Crippen molar-refractivity contribution in [1.82, 2.24) is 5.32 Å². The third-order valence-electron chi connectivity index (χ3n) is 6.68. The second-order valence-corrected chi connectivity index (χ2v) is 15.8. The summed E-state index contributed by atoms with van der Waals surface area (Å²) < 4.78 is 30.5. The molecule has 2 heterocycles. The smallest absolute Gasteiger partial charge is 0.217 e. The molecule has 5 atom stereocenters. The lowest BCUT2D eigenvalue weighted by molar-refractivity contribution is -0.242. The number of nitrogens with one attached hydrogen (secondary N) is 1. The highest BCUT2D eigenvalue weighted by atomic mass is 28.4. The van der Waals surface area contributed by atoms with Crippen molar-refractivity contribution in [2.45, 2.75) is 122 Å². The van der Waals surface area contributed by atoms with Gasteiger partial charge in [0.25, 0.3) is 0 Å². The van der Waals surface area contributed by atoms with E-state index in [0.717, 1.165) is 32.3 Å². The zero-order chi connectivity index (χ0) is 24.2. The summed E-state index contributed by atoms with van der Waals surface area (Å²) in [6.45, 7) is 18.2. The predicted molar refractivity (Wildman–Crippen MR) is 127 cm³/mol. The predicted octanol–water partition coefficient (Wildman–Crippen LogP) is 3.29. The molecule has 0 radical (unpaired) electrons. The first kappa shape index (κ1) is 27.7. The number of unbranched alkanes of at least 4 members (excludes halogenated alkanes) is 3. The molecule has 2 rings (SSSR count). The fraction of sp³-hybridized carbons (Fsp3) is 0.957. The van der Waals surface area contributed by atoms with Gasteiger partial charge in [0.15, 0.2) is 20.4 Å². The van der Waals surface area contributed by atoms with E-state index < -0.39 is 26.4 Å². The molecule has 0 aliphatic carbocycles. The highest BCUT2D eigenvalue weighted by Crippen LogP contribution is 2.38. The maximum Gasteiger partial charge on any atom is 0.217 e. The average Bonchev–Trinajstić information content (AvgIpc) is 2.99. The number of nitrogens with two attached hydrogens (primary N) is 1. The molecule has 2 aliphatic rings. The number of amides is 1. The first-order valence-corrected chi connectivity index (χ1v) is 14.9. The lowest BCUT2D eigenvalue weighted by Gasteiger charge is -2.42. The highest BCUT2D eigenvalue weighted by Gasteiger charge is 2.55. The Morgan fingerprint density at radius 2 is 1.66 bits per heavy atom. The van der Waals surface area contributed by atoms with Gasteiger partial charge >= 0.3 is 0 Å².